The Bertz CT molecular complexity index is 1500. The van der Waals surface area contributed by atoms with Gasteiger partial charge in [-0.05, 0) is 54.8 Å². The van der Waals surface area contributed by atoms with Crippen molar-refractivity contribution in [3.63, 3.8) is 0 Å². The number of hydrogen-bond acceptors (Lipinski definition) is 8. The Morgan fingerprint density at radius 3 is 2.55 bits per heavy atom. The van der Waals surface area contributed by atoms with E-state index in [1.54, 1.807) is 7.11 Å². The van der Waals surface area contributed by atoms with Crippen LogP contribution < -0.4 is 5.32 Å². The van der Waals surface area contributed by atoms with Crippen LogP contribution >= 0.6 is 0 Å². The molecule has 3 aromatic carbocycles. The third-order valence-corrected chi connectivity index (χ3v) is 8.03. The summed E-state index contributed by atoms with van der Waals surface area (Å²) in [6, 6.07) is 23.3. The molecule has 1 aromatic heterocycles. The van der Waals surface area contributed by atoms with Gasteiger partial charge in [0, 0.05) is 37.4 Å². The summed E-state index contributed by atoms with van der Waals surface area (Å²) in [4.78, 5) is 24.1. The van der Waals surface area contributed by atoms with E-state index in [0.29, 0.717) is 17.2 Å². The first-order chi connectivity index (χ1) is 20.6. The van der Waals surface area contributed by atoms with Crippen molar-refractivity contribution in [1.82, 2.24) is 14.9 Å². The SMILES string of the molecule is COC[C@@H]1CCCN1C[C@@H]1C[C@H](c2ccc(CO)cc2)O[C@H](c2ccc(NC(=O)c3cnc4ccccc4n3)cc2)O1. The minimum atomic E-state index is -0.564. The number of anilines is 1. The molecule has 218 valence electrons. The number of likely N-dealkylation sites (tertiary alicyclic amines) is 1. The highest BCUT2D eigenvalue weighted by molar-refractivity contribution is 6.03. The van der Waals surface area contributed by atoms with Gasteiger partial charge >= 0.3 is 0 Å². The van der Waals surface area contributed by atoms with E-state index in [0.717, 1.165) is 61.2 Å². The molecule has 4 atom stereocenters. The molecule has 2 saturated heterocycles. The molecule has 42 heavy (non-hydrogen) atoms. The Hall–Kier alpha value is -3.73. The molecule has 2 aliphatic rings. The predicted molar refractivity (Wildman–Crippen MR) is 159 cm³/mol. The predicted octanol–water partition coefficient (Wildman–Crippen LogP) is 5.03. The molecule has 9 nitrogen and oxygen atoms in total. The van der Waals surface area contributed by atoms with Crippen LogP contribution in [0.3, 0.4) is 0 Å². The highest BCUT2D eigenvalue weighted by Crippen LogP contribution is 2.39. The first-order valence-electron chi connectivity index (χ1n) is 14.5. The number of carbonyl (C=O) groups excluding carboxylic acids is 1. The van der Waals surface area contributed by atoms with Crippen molar-refractivity contribution in [1.29, 1.82) is 0 Å². The van der Waals surface area contributed by atoms with Crippen molar-refractivity contribution in [3.05, 3.63) is 101 Å². The maximum Gasteiger partial charge on any atom is 0.275 e. The molecule has 0 spiro atoms. The van der Waals surface area contributed by atoms with Gasteiger partial charge < -0.3 is 24.6 Å². The smallest absolute Gasteiger partial charge is 0.275 e. The molecular formula is C33H36N4O5. The molecule has 0 radical (unpaired) electrons. The summed E-state index contributed by atoms with van der Waals surface area (Å²) in [5, 5.41) is 12.4. The molecule has 1 amide bonds. The van der Waals surface area contributed by atoms with Gasteiger partial charge in [0.1, 0.15) is 5.69 Å². The average molecular weight is 569 g/mol. The van der Waals surface area contributed by atoms with Crippen molar-refractivity contribution in [2.75, 3.05) is 32.1 Å². The lowest BCUT2D eigenvalue weighted by Crippen LogP contribution is -2.42. The molecule has 3 heterocycles. The van der Waals surface area contributed by atoms with Crippen LogP contribution in [0.1, 0.15) is 58.8 Å². The lowest BCUT2D eigenvalue weighted by molar-refractivity contribution is -0.253. The molecule has 9 heteroatoms. The van der Waals surface area contributed by atoms with E-state index in [9.17, 15) is 9.90 Å². The van der Waals surface area contributed by atoms with Gasteiger partial charge in [-0.1, -0.05) is 48.5 Å². The van der Waals surface area contributed by atoms with E-state index >= 15 is 0 Å². The normalized spacial score (nSPS) is 22.8. The van der Waals surface area contributed by atoms with Crippen LogP contribution in [-0.2, 0) is 20.8 Å². The summed E-state index contributed by atoms with van der Waals surface area (Å²) in [5.41, 5.74) is 5.10. The second-order valence-electron chi connectivity index (χ2n) is 10.9. The number of rotatable bonds is 9. The number of hydrogen-bond donors (Lipinski definition) is 2. The molecule has 2 aliphatic heterocycles. The van der Waals surface area contributed by atoms with Crippen molar-refractivity contribution < 1.29 is 24.1 Å². The van der Waals surface area contributed by atoms with E-state index in [1.165, 1.54) is 6.20 Å². The number of amides is 1. The van der Waals surface area contributed by atoms with Gasteiger partial charge in [-0.3, -0.25) is 14.7 Å². The van der Waals surface area contributed by atoms with Crippen molar-refractivity contribution >= 4 is 22.6 Å². The quantitative estimate of drug-likeness (QED) is 0.290. The summed E-state index contributed by atoms with van der Waals surface area (Å²) in [5.74, 6) is -0.325. The van der Waals surface area contributed by atoms with Gasteiger partial charge in [-0.15, -0.1) is 0 Å². The molecule has 6 rings (SSSR count). The number of fused-ring (bicyclic) bond motifs is 1. The standard InChI is InChI=1S/C33H36N4O5/c1-40-21-26-5-4-16-37(26)19-27-17-31(23-10-8-22(20-38)9-11-23)42-33(41-27)24-12-14-25(15-13-24)35-32(39)30-18-34-28-6-2-3-7-29(28)36-30/h2-3,6-15,18,26-27,31,33,38H,4-5,16-17,19-21H2,1H3,(H,35,39)/t26-,27-,31+,33+/m0/s1. The third-order valence-electron chi connectivity index (χ3n) is 8.03. The van der Waals surface area contributed by atoms with Crippen LogP contribution in [0.5, 0.6) is 0 Å². The average Bonchev–Trinajstić information content (AvgIpc) is 3.47. The molecule has 0 bridgehead atoms. The fourth-order valence-corrected chi connectivity index (χ4v) is 5.80. The first-order valence-corrected chi connectivity index (χ1v) is 14.5. The number of carbonyl (C=O) groups is 1. The van der Waals surface area contributed by atoms with Crippen LogP contribution in [-0.4, -0.2) is 64.8 Å². The Labute approximate surface area is 245 Å². The Balaban J connectivity index is 1.17. The number of aliphatic hydroxyl groups excluding tert-OH is 1. The van der Waals surface area contributed by atoms with Gasteiger partial charge in [0.05, 0.1) is 42.7 Å². The van der Waals surface area contributed by atoms with Gasteiger partial charge in [-0.25, -0.2) is 4.98 Å². The van der Waals surface area contributed by atoms with Gasteiger partial charge in [0.2, 0.25) is 0 Å². The van der Waals surface area contributed by atoms with E-state index < -0.39 is 6.29 Å². The Kier molecular flexibility index (Phi) is 8.83. The molecule has 2 fully saturated rings. The zero-order valence-corrected chi connectivity index (χ0v) is 23.7. The number of benzene rings is 3. The second-order valence-corrected chi connectivity index (χ2v) is 10.9. The van der Waals surface area contributed by atoms with Gasteiger partial charge in [-0.2, -0.15) is 0 Å². The Morgan fingerprint density at radius 2 is 1.79 bits per heavy atom. The van der Waals surface area contributed by atoms with Crippen molar-refractivity contribution in [3.8, 4) is 0 Å². The first kappa shape index (κ1) is 28.4. The Morgan fingerprint density at radius 1 is 1.02 bits per heavy atom. The van der Waals surface area contributed by atoms with E-state index in [2.05, 4.69) is 20.2 Å². The van der Waals surface area contributed by atoms with Crippen LogP contribution in [0.2, 0.25) is 0 Å². The van der Waals surface area contributed by atoms with Crippen LogP contribution in [0.15, 0.2) is 79.0 Å². The van der Waals surface area contributed by atoms with E-state index in [4.69, 9.17) is 14.2 Å². The number of nitrogens with zero attached hydrogens (tertiary/aromatic N) is 3. The lowest BCUT2D eigenvalue weighted by atomic mass is 9.99. The fourth-order valence-electron chi connectivity index (χ4n) is 5.80. The second kappa shape index (κ2) is 13.1. The molecule has 2 N–H and O–H groups in total. The summed E-state index contributed by atoms with van der Waals surface area (Å²) in [6.45, 7) is 2.56. The molecular weight excluding hydrogens is 532 g/mol. The zero-order chi connectivity index (χ0) is 28.9. The van der Waals surface area contributed by atoms with Crippen molar-refractivity contribution in [2.24, 2.45) is 0 Å². The van der Waals surface area contributed by atoms with Crippen LogP contribution in [0.25, 0.3) is 11.0 Å². The van der Waals surface area contributed by atoms with Crippen LogP contribution in [0.4, 0.5) is 5.69 Å². The van der Waals surface area contributed by atoms with Crippen LogP contribution in [0, 0.1) is 0 Å². The van der Waals surface area contributed by atoms with E-state index in [1.807, 2.05) is 72.8 Å². The minimum Gasteiger partial charge on any atom is -0.392 e. The van der Waals surface area contributed by atoms with Crippen molar-refractivity contribution in [2.45, 2.75) is 50.4 Å². The number of aliphatic hydroxyl groups is 1. The number of aromatic nitrogens is 2. The third kappa shape index (κ3) is 6.51. The van der Waals surface area contributed by atoms with E-state index in [-0.39, 0.29) is 30.4 Å². The number of methoxy groups -OCH3 is 1. The zero-order valence-electron chi connectivity index (χ0n) is 23.7. The molecule has 0 aliphatic carbocycles. The van der Waals surface area contributed by atoms with Gasteiger partial charge in [0.25, 0.3) is 5.91 Å². The summed E-state index contributed by atoms with van der Waals surface area (Å²) in [7, 11) is 1.75. The lowest BCUT2D eigenvalue weighted by Gasteiger charge is -2.38. The topological polar surface area (TPSA) is 106 Å². The van der Waals surface area contributed by atoms with Gasteiger partial charge in [0.15, 0.2) is 6.29 Å². The highest BCUT2D eigenvalue weighted by Gasteiger charge is 2.35. The summed E-state index contributed by atoms with van der Waals surface area (Å²) >= 11 is 0. The molecule has 0 saturated carbocycles. The molecule has 4 aromatic rings. The maximum absolute atomic E-state index is 12.9. The number of para-hydroxylation sites is 2. The number of ether oxygens (including phenoxy) is 3. The highest BCUT2D eigenvalue weighted by atomic mass is 16.7. The summed E-state index contributed by atoms with van der Waals surface area (Å²) in [6.07, 6.45) is 3.75. The largest absolute Gasteiger partial charge is 0.392 e. The molecule has 0 unspecified atom stereocenters. The monoisotopic (exact) mass is 568 g/mol. The fraction of sp³-hybridized carbons (Fsp3) is 0.364. The minimum absolute atomic E-state index is 0.00629. The summed E-state index contributed by atoms with van der Waals surface area (Å²) < 4.78 is 18.5. The maximum atomic E-state index is 12.9. The number of nitrogens with one attached hydrogen (secondary N) is 1.